The van der Waals surface area contributed by atoms with Gasteiger partial charge in [0.25, 0.3) is 0 Å². The summed E-state index contributed by atoms with van der Waals surface area (Å²) in [5, 5.41) is 4.53. The second-order valence-electron chi connectivity index (χ2n) is 15.2. The van der Waals surface area contributed by atoms with Crippen molar-refractivity contribution in [2.45, 2.75) is 15.2 Å². The van der Waals surface area contributed by atoms with Crippen molar-refractivity contribution in [3.8, 4) is 33.6 Å². The number of aromatic nitrogens is 2. The molecular weight excluding hydrogens is 760 g/mol. The number of hydrogen-bond donors (Lipinski definition) is 0. The molecule has 6 heteroatoms. The van der Waals surface area contributed by atoms with Crippen LogP contribution in [-0.4, -0.2) is 9.97 Å². The average molecular weight is 793 g/mol. The maximum atomic E-state index is 16.5. The molecule has 0 radical (unpaired) electrons. The molecular formula is C53H33N2O2PS. The van der Waals surface area contributed by atoms with Gasteiger partial charge in [-0.3, -0.25) is 4.98 Å². The highest BCUT2D eigenvalue weighted by atomic mass is 32.2. The van der Waals surface area contributed by atoms with Crippen LogP contribution in [-0.2, 0) is 9.98 Å². The maximum absolute atomic E-state index is 16.5. The third-order valence-electron chi connectivity index (χ3n) is 12.1. The van der Waals surface area contributed by atoms with Crippen LogP contribution in [0, 0.1) is 0 Å². The molecule has 0 aliphatic carbocycles. The number of hydrogen-bond acceptors (Lipinski definition) is 5. The lowest BCUT2D eigenvalue weighted by Crippen LogP contribution is -2.48. The van der Waals surface area contributed by atoms with Crippen molar-refractivity contribution in [3.05, 3.63) is 223 Å². The summed E-state index contributed by atoms with van der Waals surface area (Å²) in [5.41, 5.74) is 11.1. The quantitative estimate of drug-likeness (QED) is 0.166. The molecule has 1 spiro atoms. The van der Waals surface area contributed by atoms with Crippen LogP contribution in [0.1, 0.15) is 22.3 Å². The summed E-state index contributed by atoms with van der Waals surface area (Å²) in [7, 11) is -3.42. The van der Waals surface area contributed by atoms with Gasteiger partial charge in [0.05, 0.1) is 16.8 Å². The highest BCUT2D eigenvalue weighted by Crippen LogP contribution is 2.62. The van der Waals surface area contributed by atoms with Gasteiger partial charge in [-0.2, -0.15) is 0 Å². The monoisotopic (exact) mass is 792 g/mol. The van der Waals surface area contributed by atoms with Gasteiger partial charge in [0.1, 0.15) is 11.2 Å². The van der Waals surface area contributed by atoms with E-state index >= 15 is 4.57 Å². The van der Waals surface area contributed by atoms with Gasteiger partial charge in [0, 0.05) is 60.0 Å². The Balaban J connectivity index is 1.17. The standard InChI is InChI=1S/C53H33N2O2PS/c56-58(38-17-5-2-6-18-38)49-23-11-8-20-41(49)53(44-31-40-39-19-7-10-22-47(39)57-48(40)32-50(44)58)42-21-9-12-24-51(42)59-52-30-35(25-26-43(52)53)37-28-45(34-14-3-1-4-15-34)55-46(29-37)36-16-13-27-54-33-36/h1-33H. The molecule has 0 saturated carbocycles. The topological polar surface area (TPSA) is 56.0 Å². The van der Waals surface area contributed by atoms with E-state index in [-0.39, 0.29) is 0 Å². The number of nitrogens with zero attached hydrogens (tertiary/aromatic N) is 2. The summed E-state index contributed by atoms with van der Waals surface area (Å²) < 4.78 is 23.0. The Labute approximate surface area is 345 Å². The van der Waals surface area contributed by atoms with Crippen molar-refractivity contribution in [1.29, 1.82) is 0 Å². The van der Waals surface area contributed by atoms with E-state index in [2.05, 4.69) is 132 Å². The molecule has 0 fully saturated rings. The smallest absolute Gasteiger partial charge is 0.171 e. The van der Waals surface area contributed by atoms with E-state index in [1.165, 1.54) is 10.5 Å². The molecule has 2 atom stereocenters. The Bertz CT molecular complexity index is 3290. The van der Waals surface area contributed by atoms with E-state index in [1.54, 1.807) is 18.0 Å². The highest BCUT2D eigenvalue weighted by Gasteiger charge is 2.54. The summed E-state index contributed by atoms with van der Waals surface area (Å²) in [4.78, 5) is 11.9. The van der Waals surface area contributed by atoms with Gasteiger partial charge in [0.2, 0.25) is 0 Å². The fourth-order valence-electron chi connectivity index (χ4n) is 9.50. The van der Waals surface area contributed by atoms with E-state index in [0.717, 1.165) is 93.1 Å². The van der Waals surface area contributed by atoms with Crippen LogP contribution in [0.25, 0.3) is 55.6 Å². The van der Waals surface area contributed by atoms with Crippen LogP contribution < -0.4 is 15.9 Å². The molecule has 7 aromatic carbocycles. The minimum absolute atomic E-state index is 0.737. The molecule has 0 N–H and O–H groups in total. The van der Waals surface area contributed by atoms with E-state index in [0.29, 0.717) is 0 Å². The first-order valence-electron chi connectivity index (χ1n) is 19.7. The third kappa shape index (κ3) is 5.02. The zero-order valence-electron chi connectivity index (χ0n) is 31.6. The predicted molar refractivity (Wildman–Crippen MR) is 241 cm³/mol. The second kappa shape index (κ2) is 13.1. The first-order chi connectivity index (χ1) is 29.1. The minimum atomic E-state index is -3.42. The summed E-state index contributed by atoms with van der Waals surface area (Å²) in [6, 6.07) is 65.5. The summed E-state index contributed by atoms with van der Waals surface area (Å²) in [6.07, 6.45) is 3.66. The van der Waals surface area contributed by atoms with E-state index in [4.69, 9.17) is 9.40 Å². The number of pyridine rings is 2. The van der Waals surface area contributed by atoms with Gasteiger partial charge >= 0.3 is 0 Å². The fraction of sp³-hybridized carbons (Fsp3) is 0.0189. The number of fused-ring (bicyclic) bond motifs is 11. The van der Waals surface area contributed by atoms with E-state index < -0.39 is 12.6 Å². The van der Waals surface area contributed by atoms with Crippen molar-refractivity contribution in [2.75, 3.05) is 0 Å². The SMILES string of the molecule is O=P1(c2ccccc2)c2ccccc2C2(c3ccccc3Sc3cc(-c4cc(-c5ccccc5)nc(-c5cccnc5)c4)ccc32)c2cc3c(cc21)oc1ccccc13. The summed E-state index contributed by atoms with van der Waals surface area (Å²) in [5.74, 6) is 0. The second-order valence-corrected chi connectivity index (χ2v) is 19.0. The number of benzene rings is 7. The number of furan rings is 1. The Kier molecular flexibility index (Phi) is 7.62. The molecule has 2 unspecified atom stereocenters. The van der Waals surface area contributed by atoms with Crippen LogP contribution in [0.3, 0.4) is 0 Å². The Hall–Kier alpha value is -6.78. The van der Waals surface area contributed by atoms with Crippen molar-refractivity contribution in [2.24, 2.45) is 0 Å². The number of rotatable bonds is 4. The first kappa shape index (κ1) is 34.3. The van der Waals surface area contributed by atoms with Gasteiger partial charge in [-0.1, -0.05) is 145 Å². The van der Waals surface area contributed by atoms with Crippen molar-refractivity contribution >= 4 is 56.8 Å². The van der Waals surface area contributed by atoms with Crippen molar-refractivity contribution in [3.63, 3.8) is 0 Å². The predicted octanol–water partition coefficient (Wildman–Crippen LogP) is 12.2. The molecule has 2 aliphatic rings. The normalized spacial score (nSPS) is 17.6. The van der Waals surface area contributed by atoms with E-state index in [1.807, 2.05) is 66.9 Å². The Morgan fingerprint density at radius 2 is 1.17 bits per heavy atom. The van der Waals surface area contributed by atoms with Gasteiger partial charge < -0.3 is 8.98 Å². The molecule has 3 aromatic heterocycles. The first-order valence-corrected chi connectivity index (χ1v) is 22.3. The summed E-state index contributed by atoms with van der Waals surface area (Å²) >= 11 is 1.80. The van der Waals surface area contributed by atoms with Crippen LogP contribution in [0.4, 0.5) is 0 Å². The number of para-hydroxylation sites is 1. The molecule has 4 nitrogen and oxygen atoms in total. The molecule has 59 heavy (non-hydrogen) atoms. The van der Waals surface area contributed by atoms with Gasteiger partial charge in [-0.15, -0.1) is 0 Å². The van der Waals surface area contributed by atoms with Crippen LogP contribution in [0.5, 0.6) is 0 Å². The average Bonchev–Trinajstić information content (AvgIpc) is 3.68. The van der Waals surface area contributed by atoms with Crippen LogP contribution in [0.15, 0.2) is 215 Å². The largest absolute Gasteiger partial charge is 0.456 e. The lowest BCUT2D eigenvalue weighted by molar-refractivity contribution is 0.589. The lowest BCUT2D eigenvalue weighted by atomic mass is 9.64. The third-order valence-corrected chi connectivity index (χ3v) is 16.4. The Morgan fingerprint density at radius 3 is 2.00 bits per heavy atom. The zero-order valence-corrected chi connectivity index (χ0v) is 33.3. The van der Waals surface area contributed by atoms with Gasteiger partial charge in [-0.25, -0.2) is 4.98 Å². The Morgan fingerprint density at radius 1 is 0.475 bits per heavy atom. The molecule has 2 aliphatic heterocycles. The zero-order chi connectivity index (χ0) is 39.1. The molecule has 12 rings (SSSR count). The fourth-order valence-corrected chi connectivity index (χ4v) is 13.9. The van der Waals surface area contributed by atoms with Crippen LogP contribution in [0.2, 0.25) is 0 Å². The molecule has 10 aromatic rings. The summed E-state index contributed by atoms with van der Waals surface area (Å²) in [6.45, 7) is 0. The van der Waals surface area contributed by atoms with Crippen molar-refractivity contribution < 1.29 is 8.98 Å². The minimum Gasteiger partial charge on any atom is -0.456 e. The molecule has 0 amide bonds. The van der Waals surface area contributed by atoms with Crippen LogP contribution >= 0.6 is 18.9 Å². The highest BCUT2D eigenvalue weighted by molar-refractivity contribution is 7.99. The molecule has 278 valence electrons. The van der Waals surface area contributed by atoms with E-state index in [9.17, 15) is 0 Å². The van der Waals surface area contributed by atoms with Crippen molar-refractivity contribution in [1.82, 2.24) is 9.97 Å². The van der Waals surface area contributed by atoms with Gasteiger partial charge in [0.15, 0.2) is 7.14 Å². The van der Waals surface area contributed by atoms with Gasteiger partial charge in [-0.05, 0) is 88.0 Å². The molecule has 5 heterocycles. The molecule has 0 bridgehead atoms. The molecule has 0 saturated heterocycles. The maximum Gasteiger partial charge on any atom is 0.171 e. The lowest BCUT2D eigenvalue weighted by Gasteiger charge is -2.47.